The molecule has 100 valence electrons. The van der Waals surface area contributed by atoms with Crippen molar-refractivity contribution in [3.63, 3.8) is 0 Å². The van der Waals surface area contributed by atoms with Crippen LogP contribution in [-0.2, 0) is 6.42 Å². The van der Waals surface area contributed by atoms with Gasteiger partial charge in [0.05, 0.1) is 9.89 Å². The lowest BCUT2D eigenvalue weighted by Crippen LogP contribution is -2.15. The molecule has 3 rings (SSSR count). The first-order valence-electron chi connectivity index (χ1n) is 6.04. The summed E-state index contributed by atoms with van der Waals surface area (Å²) < 4.78 is 12.1. The smallest absolute Gasteiger partial charge is 0.161 e. The number of aliphatic hydroxyl groups excluding tert-OH is 1. The molecule has 1 aliphatic rings. The summed E-state index contributed by atoms with van der Waals surface area (Å²) in [4.78, 5) is 1.15. The molecular weight excluding hydrogens is 328 g/mol. The second-order valence-electron chi connectivity index (χ2n) is 4.33. The van der Waals surface area contributed by atoms with Crippen LogP contribution in [0.3, 0.4) is 0 Å². The average Bonchev–Trinajstić information content (AvgIpc) is 2.83. The van der Waals surface area contributed by atoms with E-state index in [4.69, 9.17) is 9.47 Å². The van der Waals surface area contributed by atoms with E-state index in [0.29, 0.717) is 19.6 Å². The summed E-state index contributed by atoms with van der Waals surface area (Å²) in [5, 5.41) is 10.3. The summed E-state index contributed by atoms with van der Waals surface area (Å²) in [6.45, 7) is 1.14. The Hall–Kier alpha value is -1.04. The first-order valence-corrected chi connectivity index (χ1v) is 7.65. The first-order chi connectivity index (χ1) is 9.22. The zero-order chi connectivity index (χ0) is 13.2. The predicted molar refractivity (Wildman–Crippen MR) is 78.1 cm³/mol. The van der Waals surface area contributed by atoms with Gasteiger partial charge in [-0.25, -0.2) is 0 Å². The van der Waals surface area contributed by atoms with Gasteiger partial charge in [-0.05, 0) is 45.8 Å². The van der Waals surface area contributed by atoms with Crippen molar-refractivity contribution < 1.29 is 14.6 Å². The third kappa shape index (κ3) is 2.94. The molecule has 3 nitrogen and oxygen atoms in total. The van der Waals surface area contributed by atoms with E-state index in [-0.39, 0.29) is 0 Å². The van der Waals surface area contributed by atoms with Gasteiger partial charge in [0.1, 0.15) is 13.2 Å². The molecule has 0 saturated heterocycles. The lowest BCUT2D eigenvalue weighted by atomic mass is 10.1. The molecule has 1 aliphatic heterocycles. The first kappa shape index (κ1) is 13.0. The lowest BCUT2D eigenvalue weighted by molar-refractivity contribution is 0.165. The van der Waals surface area contributed by atoms with Gasteiger partial charge in [0, 0.05) is 11.3 Å². The molecule has 0 saturated carbocycles. The topological polar surface area (TPSA) is 38.7 Å². The summed E-state index contributed by atoms with van der Waals surface area (Å²) in [7, 11) is 0. The van der Waals surface area contributed by atoms with E-state index in [1.807, 2.05) is 30.3 Å². The van der Waals surface area contributed by atoms with E-state index < -0.39 is 6.10 Å². The van der Waals surface area contributed by atoms with Gasteiger partial charge in [-0.2, -0.15) is 0 Å². The van der Waals surface area contributed by atoms with Crippen molar-refractivity contribution in [1.29, 1.82) is 0 Å². The van der Waals surface area contributed by atoms with E-state index in [9.17, 15) is 5.11 Å². The van der Waals surface area contributed by atoms with E-state index in [2.05, 4.69) is 15.9 Å². The molecular formula is C14H13BrO3S. The van der Waals surface area contributed by atoms with Crippen LogP contribution >= 0.6 is 27.3 Å². The van der Waals surface area contributed by atoms with Crippen molar-refractivity contribution in [2.24, 2.45) is 0 Å². The molecule has 1 aromatic carbocycles. The Balaban J connectivity index is 1.77. The van der Waals surface area contributed by atoms with Crippen LogP contribution in [0.5, 0.6) is 11.5 Å². The van der Waals surface area contributed by atoms with Crippen molar-refractivity contribution in [3.05, 3.63) is 44.6 Å². The molecule has 0 bridgehead atoms. The van der Waals surface area contributed by atoms with E-state index >= 15 is 0 Å². The van der Waals surface area contributed by atoms with Crippen LogP contribution in [0.1, 0.15) is 16.5 Å². The second kappa shape index (κ2) is 5.53. The van der Waals surface area contributed by atoms with Gasteiger partial charge >= 0.3 is 0 Å². The van der Waals surface area contributed by atoms with Crippen molar-refractivity contribution in [2.75, 3.05) is 13.2 Å². The zero-order valence-electron chi connectivity index (χ0n) is 10.1. The summed E-state index contributed by atoms with van der Waals surface area (Å²) in [5.41, 5.74) is 0.855. The van der Waals surface area contributed by atoms with Crippen molar-refractivity contribution in [3.8, 4) is 11.5 Å². The number of ether oxygens (including phenoxy) is 2. The molecule has 0 aliphatic carbocycles. The van der Waals surface area contributed by atoms with Gasteiger partial charge < -0.3 is 14.6 Å². The minimum absolute atomic E-state index is 0.527. The number of hydrogen-bond acceptors (Lipinski definition) is 4. The van der Waals surface area contributed by atoms with Gasteiger partial charge in [-0.1, -0.05) is 6.07 Å². The summed E-state index contributed by atoms with van der Waals surface area (Å²) in [5.74, 6) is 1.47. The molecule has 2 aromatic rings. The van der Waals surface area contributed by atoms with Crippen molar-refractivity contribution in [1.82, 2.24) is 0 Å². The highest BCUT2D eigenvalue weighted by molar-refractivity contribution is 9.11. The fourth-order valence-corrected chi connectivity index (χ4v) is 3.56. The van der Waals surface area contributed by atoms with Gasteiger partial charge in [0.25, 0.3) is 0 Å². The standard InChI is InChI=1S/C14H13BrO3S/c15-14-4-2-10(19-14)8-11(16)9-1-3-12-13(7-9)18-6-5-17-12/h1-4,7,11,16H,5-6,8H2. The summed E-state index contributed by atoms with van der Waals surface area (Å²) >= 11 is 5.07. The van der Waals surface area contributed by atoms with Crippen LogP contribution in [0.4, 0.5) is 0 Å². The van der Waals surface area contributed by atoms with Crippen LogP contribution in [0, 0.1) is 0 Å². The highest BCUT2D eigenvalue weighted by atomic mass is 79.9. The monoisotopic (exact) mass is 340 g/mol. The lowest BCUT2D eigenvalue weighted by Gasteiger charge is -2.20. The third-order valence-corrected chi connectivity index (χ3v) is 4.62. The maximum Gasteiger partial charge on any atom is 0.161 e. The Morgan fingerprint density at radius 3 is 2.68 bits per heavy atom. The van der Waals surface area contributed by atoms with Gasteiger partial charge in [-0.3, -0.25) is 0 Å². The van der Waals surface area contributed by atoms with E-state index in [1.54, 1.807) is 11.3 Å². The van der Waals surface area contributed by atoms with Crippen LogP contribution < -0.4 is 9.47 Å². The van der Waals surface area contributed by atoms with Gasteiger partial charge in [-0.15, -0.1) is 11.3 Å². The van der Waals surface area contributed by atoms with Crippen molar-refractivity contribution in [2.45, 2.75) is 12.5 Å². The summed E-state index contributed by atoms with van der Waals surface area (Å²) in [6, 6.07) is 9.63. The maximum atomic E-state index is 10.3. The minimum Gasteiger partial charge on any atom is -0.486 e. The molecule has 0 radical (unpaired) electrons. The van der Waals surface area contributed by atoms with Crippen LogP contribution in [0.25, 0.3) is 0 Å². The minimum atomic E-state index is -0.527. The molecule has 0 fully saturated rings. The Bertz CT molecular complexity index is 582. The number of fused-ring (bicyclic) bond motifs is 1. The van der Waals surface area contributed by atoms with E-state index in [1.165, 1.54) is 0 Å². The molecule has 0 spiro atoms. The highest BCUT2D eigenvalue weighted by Gasteiger charge is 2.16. The Morgan fingerprint density at radius 1 is 1.16 bits per heavy atom. The number of aliphatic hydroxyl groups is 1. The van der Waals surface area contributed by atoms with Crippen LogP contribution in [0.15, 0.2) is 34.1 Å². The molecule has 1 atom stereocenters. The molecule has 5 heteroatoms. The number of thiophene rings is 1. The van der Waals surface area contributed by atoms with E-state index in [0.717, 1.165) is 25.7 Å². The normalized spacial score (nSPS) is 15.3. The van der Waals surface area contributed by atoms with Gasteiger partial charge in [0.2, 0.25) is 0 Å². The SMILES string of the molecule is OC(Cc1ccc(Br)s1)c1ccc2c(c1)OCCO2. The van der Waals surface area contributed by atoms with Crippen LogP contribution in [-0.4, -0.2) is 18.3 Å². The number of benzene rings is 1. The maximum absolute atomic E-state index is 10.3. The number of rotatable bonds is 3. The molecule has 1 N–H and O–H groups in total. The fourth-order valence-electron chi connectivity index (χ4n) is 2.04. The molecule has 1 aromatic heterocycles. The number of halogens is 1. The summed E-state index contributed by atoms with van der Waals surface area (Å²) in [6.07, 6.45) is 0.0806. The Kier molecular flexibility index (Phi) is 3.77. The third-order valence-electron chi connectivity index (χ3n) is 2.97. The number of hydrogen-bond donors (Lipinski definition) is 1. The Labute approximate surface area is 123 Å². The molecule has 1 unspecified atom stereocenters. The van der Waals surface area contributed by atoms with Crippen LogP contribution in [0.2, 0.25) is 0 Å². The average molecular weight is 341 g/mol. The largest absolute Gasteiger partial charge is 0.486 e. The quantitative estimate of drug-likeness (QED) is 0.928. The Morgan fingerprint density at radius 2 is 1.95 bits per heavy atom. The predicted octanol–water partition coefficient (Wildman–Crippen LogP) is 3.56. The molecule has 0 amide bonds. The molecule has 19 heavy (non-hydrogen) atoms. The highest BCUT2D eigenvalue weighted by Crippen LogP contribution is 2.34. The van der Waals surface area contributed by atoms with Gasteiger partial charge in [0.15, 0.2) is 11.5 Å². The fraction of sp³-hybridized carbons (Fsp3) is 0.286. The molecule has 2 heterocycles. The van der Waals surface area contributed by atoms with Crippen molar-refractivity contribution >= 4 is 27.3 Å². The zero-order valence-corrected chi connectivity index (χ0v) is 12.5. The second-order valence-corrected chi connectivity index (χ2v) is 6.88.